The summed E-state index contributed by atoms with van der Waals surface area (Å²) in [5, 5.41) is 9.87. The van der Waals surface area contributed by atoms with Crippen LogP contribution in [0.3, 0.4) is 0 Å². The molecular weight excluding hydrogens is 204 g/mol. The molecule has 1 unspecified atom stereocenters. The molecule has 0 saturated heterocycles. The van der Waals surface area contributed by atoms with Gasteiger partial charge in [-0.25, -0.2) is 4.98 Å². The Hall–Kier alpha value is -1.75. The van der Waals surface area contributed by atoms with E-state index in [2.05, 4.69) is 15.0 Å². The Balaban J connectivity index is 1.94. The summed E-state index contributed by atoms with van der Waals surface area (Å²) in [7, 11) is 1.94. The van der Waals surface area contributed by atoms with Crippen LogP contribution >= 0.6 is 0 Å². The minimum absolute atomic E-state index is 0.578. The number of aliphatic hydroxyl groups excluding tert-OH is 1. The van der Waals surface area contributed by atoms with Gasteiger partial charge >= 0.3 is 0 Å². The van der Waals surface area contributed by atoms with Crippen LogP contribution in [-0.2, 0) is 13.5 Å². The van der Waals surface area contributed by atoms with Crippen LogP contribution in [0, 0.1) is 0 Å². The van der Waals surface area contributed by atoms with Gasteiger partial charge in [-0.3, -0.25) is 9.97 Å². The van der Waals surface area contributed by atoms with Crippen molar-refractivity contribution < 1.29 is 5.11 Å². The molecule has 16 heavy (non-hydrogen) atoms. The largest absolute Gasteiger partial charge is 0.387 e. The minimum Gasteiger partial charge on any atom is -0.387 e. The van der Waals surface area contributed by atoms with Crippen molar-refractivity contribution in [1.29, 1.82) is 0 Å². The topological polar surface area (TPSA) is 63.8 Å². The van der Waals surface area contributed by atoms with E-state index >= 15 is 0 Å². The van der Waals surface area contributed by atoms with Crippen LogP contribution in [-0.4, -0.2) is 24.6 Å². The Morgan fingerprint density at radius 1 is 1.31 bits per heavy atom. The highest BCUT2D eigenvalue weighted by molar-refractivity contribution is 5.00. The summed E-state index contributed by atoms with van der Waals surface area (Å²) in [4.78, 5) is 12.2. The summed E-state index contributed by atoms with van der Waals surface area (Å²) >= 11 is 0. The van der Waals surface area contributed by atoms with Crippen molar-refractivity contribution in [3.63, 3.8) is 0 Å². The second-order valence-corrected chi connectivity index (χ2v) is 3.64. The average Bonchev–Trinajstić information content (AvgIpc) is 2.73. The van der Waals surface area contributed by atoms with E-state index in [0.29, 0.717) is 12.1 Å². The molecular formula is C11H14N4O. The summed E-state index contributed by atoms with van der Waals surface area (Å²) in [6.07, 6.45) is 9.15. The summed E-state index contributed by atoms with van der Waals surface area (Å²) in [5.74, 6) is 0.961. The van der Waals surface area contributed by atoms with Crippen molar-refractivity contribution >= 4 is 0 Å². The van der Waals surface area contributed by atoms with Gasteiger partial charge in [0.05, 0.1) is 18.0 Å². The summed E-state index contributed by atoms with van der Waals surface area (Å²) in [6, 6.07) is 0. The van der Waals surface area contributed by atoms with Crippen molar-refractivity contribution in [2.45, 2.75) is 18.9 Å². The lowest BCUT2D eigenvalue weighted by Crippen LogP contribution is -2.05. The van der Waals surface area contributed by atoms with Gasteiger partial charge in [0, 0.05) is 38.3 Å². The number of aliphatic hydroxyl groups is 1. The molecule has 0 aliphatic rings. The smallest absolute Gasteiger partial charge is 0.108 e. The number of aromatic nitrogens is 4. The molecule has 0 aliphatic heterocycles. The van der Waals surface area contributed by atoms with Crippen LogP contribution in [0.2, 0.25) is 0 Å². The van der Waals surface area contributed by atoms with Crippen LogP contribution in [0.5, 0.6) is 0 Å². The van der Waals surface area contributed by atoms with Gasteiger partial charge in [0.1, 0.15) is 5.82 Å². The fourth-order valence-corrected chi connectivity index (χ4v) is 1.53. The van der Waals surface area contributed by atoms with E-state index in [1.165, 1.54) is 0 Å². The third-order valence-corrected chi connectivity index (χ3v) is 2.49. The molecule has 2 aromatic rings. The third-order valence-electron chi connectivity index (χ3n) is 2.49. The molecule has 2 rings (SSSR count). The van der Waals surface area contributed by atoms with E-state index in [1.807, 2.05) is 17.8 Å². The number of hydrogen-bond acceptors (Lipinski definition) is 4. The first-order valence-electron chi connectivity index (χ1n) is 5.17. The van der Waals surface area contributed by atoms with E-state index in [9.17, 15) is 5.11 Å². The Bertz CT molecular complexity index is 440. The van der Waals surface area contributed by atoms with Crippen molar-refractivity contribution in [2.24, 2.45) is 7.05 Å². The van der Waals surface area contributed by atoms with Crippen LogP contribution in [0.25, 0.3) is 0 Å². The summed E-state index contributed by atoms with van der Waals surface area (Å²) in [6.45, 7) is 0. The van der Waals surface area contributed by atoms with Gasteiger partial charge in [0.25, 0.3) is 0 Å². The highest BCUT2D eigenvalue weighted by Crippen LogP contribution is 2.14. The van der Waals surface area contributed by atoms with Crippen molar-refractivity contribution in [1.82, 2.24) is 19.5 Å². The second-order valence-electron chi connectivity index (χ2n) is 3.64. The molecule has 0 aliphatic carbocycles. The highest BCUT2D eigenvalue weighted by Gasteiger charge is 2.10. The predicted octanol–water partition coefficient (Wildman–Crippen LogP) is 0.876. The second kappa shape index (κ2) is 4.85. The average molecular weight is 218 g/mol. The first-order chi connectivity index (χ1) is 7.77. The fraction of sp³-hybridized carbons (Fsp3) is 0.364. The molecule has 0 spiro atoms. The lowest BCUT2D eigenvalue weighted by Gasteiger charge is -2.08. The van der Waals surface area contributed by atoms with Gasteiger partial charge in [-0.05, 0) is 6.42 Å². The van der Waals surface area contributed by atoms with E-state index in [0.717, 1.165) is 12.2 Å². The van der Waals surface area contributed by atoms with Gasteiger partial charge in [-0.15, -0.1) is 0 Å². The number of imidazole rings is 1. The molecule has 84 valence electrons. The number of nitrogens with zero attached hydrogens (tertiary/aromatic N) is 4. The zero-order valence-corrected chi connectivity index (χ0v) is 9.11. The molecule has 2 heterocycles. The first kappa shape index (κ1) is 10.8. The van der Waals surface area contributed by atoms with Crippen LogP contribution in [0.4, 0.5) is 0 Å². The molecule has 5 nitrogen and oxygen atoms in total. The number of hydrogen-bond donors (Lipinski definition) is 1. The standard InChI is InChI=1S/C11H14N4O/c1-15-7-6-14-11(15)3-2-10(16)9-8-12-4-5-13-9/h4-8,10,16H,2-3H2,1H3. The third kappa shape index (κ3) is 2.43. The lowest BCUT2D eigenvalue weighted by molar-refractivity contribution is 0.161. The van der Waals surface area contributed by atoms with E-state index in [4.69, 9.17) is 0 Å². The Labute approximate surface area is 93.8 Å². The SMILES string of the molecule is Cn1ccnc1CCC(O)c1cnccn1. The predicted molar refractivity (Wildman–Crippen MR) is 58.5 cm³/mol. The lowest BCUT2D eigenvalue weighted by atomic mass is 10.1. The van der Waals surface area contributed by atoms with Gasteiger partial charge in [0.15, 0.2) is 0 Å². The van der Waals surface area contributed by atoms with E-state index in [-0.39, 0.29) is 0 Å². The molecule has 5 heteroatoms. The normalized spacial score (nSPS) is 12.6. The van der Waals surface area contributed by atoms with E-state index < -0.39 is 6.10 Å². The molecule has 0 amide bonds. The zero-order chi connectivity index (χ0) is 11.4. The van der Waals surface area contributed by atoms with Crippen molar-refractivity contribution in [2.75, 3.05) is 0 Å². The highest BCUT2D eigenvalue weighted by atomic mass is 16.3. The number of aryl methyl sites for hydroxylation is 2. The van der Waals surface area contributed by atoms with Crippen molar-refractivity contribution in [3.8, 4) is 0 Å². The summed E-state index contributed by atoms with van der Waals surface area (Å²) in [5.41, 5.74) is 0.608. The van der Waals surface area contributed by atoms with E-state index in [1.54, 1.807) is 24.8 Å². The molecule has 0 bridgehead atoms. The van der Waals surface area contributed by atoms with Gasteiger partial charge in [-0.2, -0.15) is 0 Å². The van der Waals surface area contributed by atoms with Crippen LogP contribution in [0.1, 0.15) is 24.0 Å². The zero-order valence-electron chi connectivity index (χ0n) is 9.11. The van der Waals surface area contributed by atoms with Gasteiger partial charge < -0.3 is 9.67 Å². The van der Waals surface area contributed by atoms with Crippen LogP contribution < -0.4 is 0 Å². The molecule has 0 radical (unpaired) electrons. The maximum atomic E-state index is 9.87. The molecule has 1 atom stereocenters. The Morgan fingerprint density at radius 3 is 2.81 bits per heavy atom. The molecule has 0 saturated carbocycles. The maximum absolute atomic E-state index is 9.87. The van der Waals surface area contributed by atoms with Crippen molar-refractivity contribution in [3.05, 3.63) is 42.5 Å². The molecule has 0 fully saturated rings. The molecule has 1 N–H and O–H groups in total. The molecule has 2 aromatic heterocycles. The Kier molecular flexibility index (Phi) is 3.26. The van der Waals surface area contributed by atoms with Crippen LogP contribution in [0.15, 0.2) is 31.0 Å². The minimum atomic E-state index is -0.578. The number of rotatable bonds is 4. The summed E-state index contributed by atoms with van der Waals surface area (Å²) < 4.78 is 1.95. The molecule has 0 aromatic carbocycles. The fourth-order valence-electron chi connectivity index (χ4n) is 1.53. The van der Waals surface area contributed by atoms with Gasteiger partial charge in [-0.1, -0.05) is 0 Å². The Morgan fingerprint density at radius 2 is 2.19 bits per heavy atom. The van der Waals surface area contributed by atoms with Gasteiger partial charge in [0.2, 0.25) is 0 Å². The quantitative estimate of drug-likeness (QED) is 0.827. The first-order valence-corrected chi connectivity index (χ1v) is 5.17. The monoisotopic (exact) mass is 218 g/mol. The maximum Gasteiger partial charge on any atom is 0.108 e.